The second-order valence-electron chi connectivity index (χ2n) is 4.39. The number of aliphatic hydroxyl groups excluding tert-OH is 1. The van der Waals surface area contributed by atoms with Gasteiger partial charge in [-0.2, -0.15) is 0 Å². The molecule has 0 aromatic carbocycles. The van der Waals surface area contributed by atoms with Crippen LogP contribution in [0.25, 0.3) is 0 Å². The Kier molecular flexibility index (Phi) is 2.20. The van der Waals surface area contributed by atoms with E-state index in [1.165, 1.54) is 0 Å². The zero-order valence-electron chi connectivity index (χ0n) is 8.23. The molecule has 2 bridgehead atoms. The van der Waals surface area contributed by atoms with E-state index >= 15 is 0 Å². The largest absolute Gasteiger partial charge is 0.391 e. The first-order valence-electron chi connectivity index (χ1n) is 5.31. The van der Waals surface area contributed by atoms with E-state index in [0.29, 0.717) is 11.2 Å². The van der Waals surface area contributed by atoms with E-state index in [9.17, 15) is 5.11 Å². The number of halogens is 1. The van der Waals surface area contributed by atoms with Crippen molar-refractivity contribution in [1.29, 1.82) is 0 Å². The average molecular weight is 225 g/mol. The van der Waals surface area contributed by atoms with Gasteiger partial charge in [-0.3, -0.25) is 0 Å². The maximum Gasteiger partial charge on any atom is 0.129 e. The molecule has 2 N–H and O–H groups in total. The van der Waals surface area contributed by atoms with Gasteiger partial charge in [0.05, 0.1) is 6.10 Å². The molecule has 3 heterocycles. The van der Waals surface area contributed by atoms with E-state index in [1.54, 1.807) is 12.3 Å². The van der Waals surface area contributed by atoms with E-state index in [-0.39, 0.29) is 18.1 Å². The van der Waals surface area contributed by atoms with Gasteiger partial charge in [-0.05, 0) is 24.5 Å². The van der Waals surface area contributed by atoms with Crippen LogP contribution in [0.4, 0.5) is 0 Å². The number of fused-ring (bicyclic) bond motifs is 2. The number of pyridine rings is 1. The van der Waals surface area contributed by atoms with Crippen LogP contribution >= 0.6 is 11.6 Å². The highest BCUT2D eigenvalue weighted by atomic mass is 35.5. The van der Waals surface area contributed by atoms with Crippen LogP contribution in [-0.4, -0.2) is 28.3 Å². The Hall–Kier alpha value is -0.640. The van der Waals surface area contributed by atoms with Gasteiger partial charge in [0, 0.05) is 24.2 Å². The van der Waals surface area contributed by atoms with Gasteiger partial charge in [0.25, 0.3) is 0 Å². The molecule has 2 aliphatic heterocycles. The molecule has 2 aliphatic rings. The number of nitrogens with zero attached hydrogens (tertiary/aromatic N) is 1. The van der Waals surface area contributed by atoms with Crippen molar-refractivity contribution in [3.8, 4) is 0 Å². The lowest BCUT2D eigenvalue weighted by atomic mass is 9.82. The number of rotatable bonds is 1. The van der Waals surface area contributed by atoms with Gasteiger partial charge in [-0.1, -0.05) is 17.7 Å². The second-order valence-corrected chi connectivity index (χ2v) is 4.77. The number of aromatic nitrogens is 1. The summed E-state index contributed by atoms with van der Waals surface area (Å²) in [5.74, 6) is 0.188. The van der Waals surface area contributed by atoms with Gasteiger partial charge >= 0.3 is 0 Å². The molecule has 0 unspecified atom stereocenters. The minimum Gasteiger partial charge on any atom is -0.391 e. The van der Waals surface area contributed by atoms with Crippen LogP contribution in [0.3, 0.4) is 0 Å². The lowest BCUT2D eigenvalue weighted by molar-refractivity contribution is 0.125. The fourth-order valence-electron chi connectivity index (χ4n) is 2.86. The van der Waals surface area contributed by atoms with Crippen LogP contribution in [0.15, 0.2) is 18.3 Å². The molecule has 1 aromatic rings. The van der Waals surface area contributed by atoms with E-state index in [1.807, 2.05) is 6.07 Å². The lowest BCUT2D eigenvalue weighted by Crippen LogP contribution is -2.30. The standard InChI is InChI=1S/C11H13ClN2O/c12-9-4-1-6(5-13-9)10-7-2-3-8(14-7)11(10)15/h1,4-5,7-8,10-11,14-15H,2-3H2/t7-,8+,10-,11-/m1/s1. The zero-order valence-corrected chi connectivity index (χ0v) is 8.98. The summed E-state index contributed by atoms with van der Waals surface area (Å²) in [6.07, 6.45) is 3.74. The summed E-state index contributed by atoms with van der Waals surface area (Å²) in [5, 5.41) is 14.0. The van der Waals surface area contributed by atoms with Crippen molar-refractivity contribution >= 4 is 11.6 Å². The molecule has 3 nitrogen and oxygen atoms in total. The molecular weight excluding hydrogens is 212 g/mol. The van der Waals surface area contributed by atoms with Crippen LogP contribution < -0.4 is 5.32 Å². The first-order chi connectivity index (χ1) is 7.25. The topological polar surface area (TPSA) is 45.2 Å². The first-order valence-corrected chi connectivity index (χ1v) is 5.69. The SMILES string of the molecule is O[C@H]1[C@H](c2ccc(Cl)nc2)[C@H]2CC[C@@H]1N2. The molecular formula is C11H13ClN2O. The molecule has 4 atom stereocenters. The molecule has 80 valence electrons. The van der Waals surface area contributed by atoms with Crippen LogP contribution in [0.2, 0.25) is 5.15 Å². The maximum absolute atomic E-state index is 10.1. The molecule has 1 aromatic heterocycles. The van der Waals surface area contributed by atoms with Crippen molar-refractivity contribution in [1.82, 2.24) is 10.3 Å². The van der Waals surface area contributed by atoms with Gasteiger partial charge in [0.2, 0.25) is 0 Å². The zero-order chi connectivity index (χ0) is 10.4. The molecule has 15 heavy (non-hydrogen) atoms. The van der Waals surface area contributed by atoms with Crippen LogP contribution in [0, 0.1) is 0 Å². The van der Waals surface area contributed by atoms with Crippen molar-refractivity contribution < 1.29 is 5.11 Å². The summed E-state index contributed by atoms with van der Waals surface area (Å²) in [6.45, 7) is 0. The lowest BCUT2D eigenvalue weighted by Gasteiger charge is -2.25. The first kappa shape index (κ1) is 9.58. The van der Waals surface area contributed by atoms with E-state index in [0.717, 1.165) is 18.4 Å². The molecule has 2 fully saturated rings. The minimum atomic E-state index is -0.272. The number of hydrogen-bond acceptors (Lipinski definition) is 3. The Bertz CT molecular complexity index is 365. The fourth-order valence-corrected chi connectivity index (χ4v) is 2.97. The predicted molar refractivity (Wildman–Crippen MR) is 57.9 cm³/mol. The summed E-state index contributed by atoms with van der Waals surface area (Å²) in [7, 11) is 0. The smallest absolute Gasteiger partial charge is 0.129 e. The Balaban J connectivity index is 1.91. The van der Waals surface area contributed by atoms with Crippen molar-refractivity contribution in [2.24, 2.45) is 0 Å². The van der Waals surface area contributed by atoms with E-state index in [4.69, 9.17) is 11.6 Å². The van der Waals surface area contributed by atoms with Gasteiger partial charge in [0.15, 0.2) is 0 Å². The Morgan fingerprint density at radius 2 is 2.13 bits per heavy atom. The monoisotopic (exact) mass is 224 g/mol. The van der Waals surface area contributed by atoms with Gasteiger partial charge in [-0.15, -0.1) is 0 Å². The highest BCUT2D eigenvalue weighted by molar-refractivity contribution is 6.29. The molecule has 0 saturated carbocycles. The number of hydrogen-bond donors (Lipinski definition) is 2. The number of aliphatic hydroxyl groups is 1. The van der Waals surface area contributed by atoms with E-state index < -0.39 is 0 Å². The summed E-state index contributed by atoms with van der Waals surface area (Å²) in [6, 6.07) is 4.44. The molecule has 4 heteroatoms. The summed E-state index contributed by atoms with van der Waals surface area (Å²) in [4.78, 5) is 4.07. The summed E-state index contributed by atoms with van der Waals surface area (Å²) in [5.41, 5.74) is 1.09. The van der Waals surface area contributed by atoms with Crippen molar-refractivity contribution in [3.63, 3.8) is 0 Å². The third kappa shape index (κ3) is 1.46. The second kappa shape index (κ2) is 3.44. The third-order valence-corrected chi connectivity index (χ3v) is 3.79. The molecule has 3 rings (SSSR count). The Labute approximate surface area is 93.5 Å². The van der Waals surface area contributed by atoms with Gasteiger partial charge in [0.1, 0.15) is 5.15 Å². The van der Waals surface area contributed by atoms with Crippen molar-refractivity contribution in [3.05, 3.63) is 29.0 Å². The fraction of sp³-hybridized carbons (Fsp3) is 0.545. The highest BCUT2D eigenvalue weighted by Crippen LogP contribution is 2.40. The van der Waals surface area contributed by atoms with Crippen LogP contribution in [0.5, 0.6) is 0 Å². The van der Waals surface area contributed by atoms with Crippen LogP contribution in [-0.2, 0) is 0 Å². The van der Waals surface area contributed by atoms with E-state index in [2.05, 4.69) is 10.3 Å². The maximum atomic E-state index is 10.1. The summed E-state index contributed by atoms with van der Waals surface area (Å²) < 4.78 is 0. The van der Waals surface area contributed by atoms with Gasteiger partial charge < -0.3 is 10.4 Å². The predicted octanol–water partition coefficient (Wildman–Crippen LogP) is 1.31. The Morgan fingerprint density at radius 1 is 1.33 bits per heavy atom. The summed E-state index contributed by atoms with van der Waals surface area (Å²) >= 11 is 5.74. The highest BCUT2D eigenvalue weighted by Gasteiger charge is 2.47. The normalized spacial score (nSPS) is 38.5. The molecule has 2 saturated heterocycles. The quantitative estimate of drug-likeness (QED) is 0.708. The van der Waals surface area contributed by atoms with Crippen molar-refractivity contribution in [2.45, 2.75) is 36.9 Å². The minimum absolute atomic E-state index is 0.188. The molecule has 0 aliphatic carbocycles. The average Bonchev–Trinajstić information content (AvgIpc) is 2.80. The third-order valence-electron chi connectivity index (χ3n) is 3.57. The molecule has 0 amide bonds. The molecule has 0 spiro atoms. The van der Waals surface area contributed by atoms with Crippen molar-refractivity contribution in [2.75, 3.05) is 0 Å². The van der Waals surface area contributed by atoms with Gasteiger partial charge in [-0.25, -0.2) is 4.98 Å². The Morgan fingerprint density at radius 3 is 2.73 bits per heavy atom. The number of nitrogens with one attached hydrogen (secondary N) is 1. The molecule has 0 radical (unpaired) electrons. The van der Waals surface area contributed by atoms with Crippen LogP contribution in [0.1, 0.15) is 24.3 Å².